The second kappa shape index (κ2) is 9.05. The minimum Gasteiger partial charge on any atom is -0.279 e. The van der Waals surface area contributed by atoms with Gasteiger partial charge in [0.15, 0.2) is 0 Å². The van der Waals surface area contributed by atoms with Crippen LogP contribution in [0.2, 0.25) is 0 Å². The number of nitrogens with one attached hydrogen (secondary N) is 2. The lowest BCUT2D eigenvalue weighted by atomic mass is 10.1. The molecule has 3 aromatic rings. The van der Waals surface area contributed by atoms with Crippen molar-refractivity contribution in [3.8, 4) is 0 Å². The molecule has 0 saturated heterocycles. The van der Waals surface area contributed by atoms with Gasteiger partial charge in [0.25, 0.3) is 15.9 Å². The van der Waals surface area contributed by atoms with E-state index in [0.29, 0.717) is 5.69 Å². The van der Waals surface area contributed by atoms with Crippen LogP contribution in [0.25, 0.3) is 0 Å². The van der Waals surface area contributed by atoms with E-state index < -0.39 is 33.1 Å². The number of carbonyl (C=O) groups excluding carboxylic acids is 1. The molecule has 2 N–H and O–H groups in total. The van der Waals surface area contributed by atoms with Crippen molar-refractivity contribution in [1.82, 2.24) is 5.43 Å². The molecule has 0 heterocycles. The first-order valence-electron chi connectivity index (χ1n) is 9.15. The van der Waals surface area contributed by atoms with E-state index in [4.69, 9.17) is 0 Å². The van der Waals surface area contributed by atoms with Gasteiger partial charge < -0.3 is 0 Å². The molecule has 3 rings (SSSR count). The summed E-state index contributed by atoms with van der Waals surface area (Å²) < 4.78 is 55.2. The Morgan fingerprint density at radius 3 is 2.32 bits per heavy atom. The molecule has 31 heavy (non-hydrogen) atoms. The fraction of sp³-hybridized carbons (Fsp3) is 0.0909. The normalized spacial score (nSPS) is 11.5. The summed E-state index contributed by atoms with van der Waals surface area (Å²) in [5, 5.41) is 3.55. The molecular formula is C22H19F2N3O3S. The van der Waals surface area contributed by atoms with E-state index in [2.05, 4.69) is 15.2 Å². The number of sulfonamides is 1. The molecule has 0 atom stereocenters. The highest BCUT2D eigenvalue weighted by Crippen LogP contribution is 2.21. The van der Waals surface area contributed by atoms with Crippen LogP contribution in [0.1, 0.15) is 27.0 Å². The Labute approximate surface area is 178 Å². The topological polar surface area (TPSA) is 87.6 Å². The van der Waals surface area contributed by atoms with E-state index >= 15 is 0 Å². The van der Waals surface area contributed by atoms with Gasteiger partial charge in [-0.3, -0.25) is 9.52 Å². The number of hydrogen-bond donors (Lipinski definition) is 2. The summed E-state index contributed by atoms with van der Waals surface area (Å²) >= 11 is 0. The number of rotatable bonds is 6. The second-order valence-electron chi connectivity index (χ2n) is 6.79. The van der Waals surface area contributed by atoms with Gasteiger partial charge in [0.05, 0.1) is 22.4 Å². The first-order valence-corrected chi connectivity index (χ1v) is 10.6. The third-order valence-electron chi connectivity index (χ3n) is 4.39. The standard InChI is InChI=1S/C22H19F2N3O3S/c1-14-9-10-21(15(2)11-14)27-31(29,30)17-6-3-5-16(12-17)22(28)26-25-13-18-19(23)7-4-8-20(18)24/h3-13,27H,1-2H3,(H,26,28). The molecule has 9 heteroatoms. The smallest absolute Gasteiger partial charge is 0.271 e. The number of hydrogen-bond acceptors (Lipinski definition) is 4. The van der Waals surface area contributed by atoms with Gasteiger partial charge in [0.1, 0.15) is 11.6 Å². The van der Waals surface area contributed by atoms with Gasteiger partial charge in [-0.2, -0.15) is 5.10 Å². The number of hydrazone groups is 1. The molecule has 0 aliphatic carbocycles. The van der Waals surface area contributed by atoms with Crippen LogP contribution in [-0.4, -0.2) is 20.5 Å². The molecule has 0 bridgehead atoms. The summed E-state index contributed by atoms with van der Waals surface area (Å²) in [5.41, 5.74) is 3.91. The van der Waals surface area contributed by atoms with Crippen LogP contribution in [0.3, 0.4) is 0 Å². The quantitative estimate of drug-likeness (QED) is 0.443. The van der Waals surface area contributed by atoms with Crippen LogP contribution in [0.5, 0.6) is 0 Å². The van der Waals surface area contributed by atoms with Crippen LogP contribution in [-0.2, 0) is 10.0 Å². The molecule has 160 valence electrons. The molecule has 0 aliphatic heterocycles. The van der Waals surface area contributed by atoms with E-state index in [1.54, 1.807) is 19.1 Å². The van der Waals surface area contributed by atoms with Gasteiger partial charge in [-0.25, -0.2) is 22.6 Å². The fourth-order valence-corrected chi connectivity index (χ4v) is 3.97. The van der Waals surface area contributed by atoms with Gasteiger partial charge in [-0.1, -0.05) is 29.8 Å². The van der Waals surface area contributed by atoms with Crippen molar-refractivity contribution in [3.63, 3.8) is 0 Å². The van der Waals surface area contributed by atoms with Gasteiger partial charge in [-0.05, 0) is 55.8 Å². The first-order chi connectivity index (χ1) is 14.7. The Balaban J connectivity index is 1.77. The van der Waals surface area contributed by atoms with E-state index in [9.17, 15) is 22.0 Å². The zero-order valence-electron chi connectivity index (χ0n) is 16.7. The molecule has 0 unspecified atom stereocenters. The number of anilines is 1. The van der Waals surface area contributed by atoms with Gasteiger partial charge in [0.2, 0.25) is 0 Å². The lowest BCUT2D eigenvalue weighted by molar-refractivity contribution is 0.0955. The Morgan fingerprint density at radius 1 is 0.968 bits per heavy atom. The van der Waals surface area contributed by atoms with Crippen molar-refractivity contribution in [2.45, 2.75) is 18.7 Å². The summed E-state index contributed by atoms with van der Waals surface area (Å²) in [6, 6.07) is 13.9. The highest BCUT2D eigenvalue weighted by Gasteiger charge is 2.17. The zero-order chi connectivity index (χ0) is 22.6. The highest BCUT2D eigenvalue weighted by atomic mass is 32.2. The number of carbonyl (C=O) groups is 1. The minimum absolute atomic E-state index is 0.00894. The molecule has 0 aromatic heterocycles. The van der Waals surface area contributed by atoms with E-state index in [-0.39, 0.29) is 10.5 Å². The number of aryl methyl sites for hydroxylation is 2. The number of amides is 1. The molecule has 0 fully saturated rings. The maximum absolute atomic E-state index is 13.6. The molecule has 0 aliphatic rings. The summed E-state index contributed by atoms with van der Waals surface area (Å²) in [5.74, 6) is -2.40. The monoisotopic (exact) mass is 443 g/mol. The minimum atomic E-state index is -3.95. The average molecular weight is 443 g/mol. The predicted octanol–water partition coefficient (Wildman–Crippen LogP) is 4.15. The third kappa shape index (κ3) is 5.32. The number of halogens is 2. The van der Waals surface area contributed by atoms with Crippen molar-refractivity contribution in [3.05, 3.63) is 94.6 Å². The maximum Gasteiger partial charge on any atom is 0.271 e. The molecule has 0 radical (unpaired) electrons. The van der Waals surface area contributed by atoms with E-state index in [0.717, 1.165) is 29.5 Å². The Hall–Kier alpha value is -3.59. The van der Waals surface area contributed by atoms with Crippen molar-refractivity contribution < 1.29 is 22.0 Å². The highest BCUT2D eigenvalue weighted by molar-refractivity contribution is 7.92. The molecule has 1 amide bonds. The molecule has 6 nitrogen and oxygen atoms in total. The lowest BCUT2D eigenvalue weighted by Gasteiger charge is -2.12. The molecular weight excluding hydrogens is 424 g/mol. The van der Waals surface area contributed by atoms with Crippen LogP contribution in [0.4, 0.5) is 14.5 Å². The fourth-order valence-electron chi connectivity index (χ4n) is 2.79. The van der Waals surface area contributed by atoms with Crippen LogP contribution >= 0.6 is 0 Å². The van der Waals surface area contributed by atoms with Crippen LogP contribution in [0.15, 0.2) is 70.7 Å². The third-order valence-corrected chi connectivity index (χ3v) is 5.76. The van der Waals surface area contributed by atoms with Crippen molar-refractivity contribution >= 4 is 27.8 Å². The Morgan fingerprint density at radius 2 is 1.65 bits per heavy atom. The summed E-state index contributed by atoms with van der Waals surface area (Å²) in [6.45, 7) is 3.68. The number of nitrogens with zero attached hydrogens (tertiary/aromatic N) is 1. The maximum atomic E-state index is 13.6. The van der Waals surface area contributed by atoms with E-state index in [1.807, 2.05) is 13.0 Å². The first kappa shape index (κ1) is 22.1. The summed E-state index contributed by atoms with van der Waals surface area (Å²) in [7, 11) is -3.95. The predicted molar refractivity (Wildman–Crippen MR) is 115 cm³/mol. The molecule has 0 saturated carbocycles. The average Bonchev–Trinajstić information content (AvgIpc) is 2.72. The van der Waals surface area contributed by atoms with Crippen molar-refractivity contribution in [1.29, 1.82) is 0 Å². The zero-order valence-corrected chi connectivity index (χ0v) is 17.5. The summed E-state index contributed by atoms with van der Waals surface area (Å²) in [6.07, 6.45) is 0.838. The van der Waals surface area contributed by atoms with Gasteiger partial charge in [-0.15, -0.1) is 0 Å². The number of benzene rings is 3. The Kier molecular flexibility index (Phi) is 6.45. The van der Waals surface area contributed by atoms with Gasteiger partial charge in [0, 0.05) is 5.56 Å². The summed E-state index contributed by atoms with van der Waals surface area (Å²) in [4.78, 5) is 12.2. The largest absolute Gasteiger partial charge is 0.279 e. The Bertz CT molecular complexity index is 1250. The molecule has 0 spiro atoms. The van der Waals surface area contributed by atoms with Crippen LogP contribution < -0.4 is 10.1 Å². The van der Waals surface area contributed by atoms with E-state index in [1.165, 1.54) is 30.3 Å². The van der Waals surface area contributed by atoms with Crippen molar-refractivity contribution in [2.24, 2.45) is 5.10 Å². The van der Waals surface area contributed by atoms with Crippen molar-refractivity contribution in [2.75, 3.05) is 4.72 Å². The lowest BCUT2D eigenvalue weighted by Crippen LogP contribution is -2.19. The van der Waals surface area contributed by atoms with Gasteiger partial charge >= 0.3 is 0 Å². The van der Waals surface area contributed by atoms with Crippen LogP contribution in [0, 0.1) is 25.5 Å². The molecule has 3 aromatic carbocycles. The second-order valence-corrected chi connectivity index (χ2v) is 8.47. The SMILES string of the molecule is Cc1ccc(NS(=O)(=O)c2cccc(C(=O)NN=Cc3c(F)cccc3F)c2)c(C)c1.